The molecule has 5 heteroatoms. The van der Waals surface area contributed by atoms with E-state index in [0.29, 0.717) is 0 Å². The van der Waals surface area contributed by atoms with Crippen LogP contribution in [-0.2, 0) is 4.79 Å². The van der Waals surface area contributed by atoms with Crippen LogP contribution in [0.1, 0.15) is 25.7 Å². The summed E-state index contributed by atoms with van der Waals surface area (Å²) in [4.78, 5) is 11.2. The number of primary amides is 1. The Morgan fingerprint density at radius 1 is 1.12 bits per heavy atom. The second kappa shape index (κ2) is 5.12. The molecule has 1 amide bonds. The molecule has 2 rings (SSSR count). The second-order valence-electron chi connectivity index (χ2n) is 4.84. The monoisotopic (exact) mass is 227 g/mol. The fourth-order valence-electron chi connectivity index (χ4n) is 2.58. The summed E-state index contributed by atoms with van der Waals surface area (Å²) in [6, 6.07) is 0. The van der Waals surface area contributed by atoms with Gasteiger partial charge in [0.05, 0.1) is 12.0 Å². The Hall–Kier alpha value is -0.650. The fraction of sp³-hybridized carbons (Fsp3) is 0.909. The molecule has 0 saturated carbocycles. The van der Waals surface area contributed by atoms with Gasteiger partial charge >= 0.3 is 0 Å². The maximum absolute atomic E-state index is 11.2. The highest BCUT2D eigenvalue weighted by Gasteiger charge is 2.29. The number of nitrogens with zero attached hydrogens (tertiary/aromatic N) is 2. The first-order valence-electron chi connectivity index (χ1n) is 6.14. The lowest BCUT2D eigenvalue weighted by Crippen LogP contribution is -2.53. The largest absolute Gasteiger partial charge is 0.393 e. The van der Waals surface area contributed by atoms with Gasteiger partial charge < -0.3 is 10.8 Å². The van der Waals surface area contributed by atoms with Crippen molar-refractivity contribution in [1.82, 2.24) is 10.0 Å². The highest BCUT2D eigenvalue weighted by atomic mass is 16.3. The summed E-state index contributed by atoms with van der Waals surface area (Å²) in [5.74, 6) is -0.178. The first kappa shape index (κ1) is 11.8. The molecule has 2 aliphatic rings. The van der Waals surface area contributed by atoms with Gasteiger partial charge in [-0.3, -0.25) is 4.79 Å². The number of aliphatic hydroxyl groups excluding tert-OH is 1. The third-order valence-corrected chi connectivity index (χ3v) is 3.64. The first-order chi connectivity index (χ1) is 7.66. The molecular weight excluding hydrogens is 206 g/mol. The number of carbonyl (C=O) groups is 1. The van der Waals surface area contributed by atoms with Crippen molar-refractivity contribution >= 4 is 5.91 Å². The van der Waals surface area contributed by atoms with Crippen molar-refractivity contribution in [3.63, 3.8) is 0 Å². The van der Waals surface area contributed by atoms with Gasteiger partial charge in [0, 0.05) is 26.2 Å². The van der Waals surface area contributed by atoms with Crippen molar-refractivity contribution in [3.05, 3.63) is 0 Å². The number of hydrazine groups is 1. The van der Waals surface area contributed by atoms with Crippen LogP contribution in [0.15, 0.2) is 0 Å². The predicted octanol–water partition coefficient (Wildman–Crippen LogP) is -0.445. The van der Waals surface area contributed by atoms with Gasteiger partial charge in [0.25, 0.3) is 0 Å². The summed E-state index contributed by atoms with van der Waals surface area (Å²) in [5.41, 5.74) is 5.36. The maximum atomic E-state index is 11.2. The van der Waals surface area contributed by atoms with Gasteiger partial charge in [0.2, 0.25) is 5.91 Å². The summed E-state index contributed by atoms with van der Waals surface area (Å²) in [7, 11) is 0. The second-order valence-corrected chi connectivity index (χ2v) is 4.84. The van der Waals surface area contributed by atoms with E-state index in [2.05, 4.69) is 10.0 Å². The third-order valence-electron chi connectivity index (χ3n) is 3.64. The summed E-state index contributed by atoms with van der Waals surface area (Å²) >= 11 is 0. The number of carbonyl (C=O) groups excluding carboxylic acids is 1. The molecule has 0 bridgehead atoms. The van der Waals surface area contributed by atoms with Crippen molar-refractivity contribution in [2.24, 2.45) is 11.7 Å². The number of hydrogen-bond donors (Lipinski definition) is 2. The molecule has 92 valence electrons. The van der Waals surface area contributed by atoms with E-state index in [0.717, 1.165) is 51.9 Å². The molecule has 0 aromatic carbocycles. The average molecular weight is 227 g/mol. The van der Waals surface area contributed by atoms with Crippen LogP contribution in [0.2, 0.25) is 0 Å². The average Bonchev–Trinajstić information content (AvgIpc) is 2.30. The first-order valence-corrected chi connectivity index (χ1v) is 6.14. The molecule has 3 N–H and O–H groups in total. The van der Waals surface area contributed by atoms with Crippen LogP contribution in [0, 0.1) is 5.92 Å². The molecule has 0 aromatic heterocycles. The Bertz CT molecular complexity index is 252. The zero-order chi connectivity index (χ0) is 11.5. The number of aliphatic hydroxyl groups is 1. The number of hydrogen-bond acceptors (Lipinski definition) is 4. The van der Waals surface area contributed by atoms with Crippen LogP contribution in [0.5, 0.6) is 0 Å². The van der Waals surface area contributed by atoms with E-state index in [1.54, 1.807) is 0 Å². The lowest BCUT2D eigenvalue weighted by Gasteiger charge is -2.42. The number of piperidine rings is 2. The van der Waals surface area contributed by atoms with Crippen molar-refractivity contribution in [2.75, 3.05) is 26.2 Å². The van der Waals surface area contributed by atoms with E-state index in [9.17, 15) is 9.90 Å². The highest BCUT2D eigenvalue weighted by Crippen LogP contribution is 2.20. The van der Waals surface area contributed by atoms with Crippen molar-refractivity contribution in [3.8, 4) is 0 Å². The van der Waals surface area contributed by atoms with Gasteiger partial charge in [0.1, 0.15) is 0 Å². The topological polar surface area (TPSA) is 69.8 Å². The number of nitrogens with two attached hydrogens (primary N) is 1. The minimum absolute atomic E-state index is 0.000556. The molecule has 2 saturated heterocycles. The molecule has 1 unspecified atom stereocenters. The van der Waals surface area contributed by atoms with E-state index >= 15 is 0 Å². The highest BCUT2D eigenvalue weighted by molar-refractivity contribution is 5.76. The Kier molecular flexibility index (Phi) is 3.78. The maximum Gasteiger partial charge on any atom is 0.221 e. The van der Waals surface area contributed by atoms with E-state index in [4.69, 9.17) is 5.73 Å². The van der Waals surface area contributed by atoms with E-state index in [1.807, 2.05) is 0 Å². The number of amides is 1. The predicted molar refractivity (Wildman–Crippen MR) is 60.3 cm³/mol. The molecule has 0 radical (unpaired) electrons. The molecule has 2 heterocycles. The zero-order valence-corrected chi connectivity index (χ0v) is 9.64. The normalized spacial score (nSPS) is 30.4. The van der Waals surface area contributed by atoms with Crippen molar-refractivity contribution < 1.29 is 9.90 Å². The van der Waals surface area contributed by atoms with Crippen LogP contribution in [-0.4, -0.2) is 53.3 Å². The summed E-state index contributed by atoms with van der Waals surface area (Å²) < 4.78 is 0. The Morgan fingerprint density at radius 3 is 2.44 bits per heavy atom. The molecule has 0 aromatic rings. The van der Waals surface area contributed by atoms with E-state index in [-0.39, 0.29) is 17.9 Å². The molecule has 16 heavy (non-hydrogen) atoms. The lowest BCUT2D eigenvalue weighted by atomic mass is 9.98. The Morgan fingerprint density at radius 2 is 1.81 bits per heavy atom. The van der Waals surface area contributed by atoms with E-state index < -0.39 is 0 Å². The zero-order valence-electron chi connectivity index (χ0n) is 9.64. The SMILES string of the molecule is NC(=O)C1CCCN(N2CCC(O)CC2)C1. The quantitative estimate of drug-likeness (QED) is 0.671. The van der Waals surface area contributed by atoms with Crippen LogP contribution in [0.25, 0.3) is 0 Å². The standard InChI is InChI=1S/C11H21N3O2/c12-11(16)9-2-1-5-14(8-9)13-6-3-10(15)4-7-13/h9-10,15H,1-8H2,(H2,12,16). The molecule has 0 spiro atoms. The molecule has 0 aliphatic carbocycles. The van der Waals surface area contributed by atoms with Crippen LogP contribution >= 0.6 is 0 Å². The Labute approximate surface area is 96.2 Å². The lowest BCUT2D eigenvalue weighted by molar-refractivity contribution is -0.130. The molecule has 2 aliphatic heterocycles. The molecule has 5 nitrogen and oxygen atoms in total. The summed E-state index contributed by atoms with van der Waals surface area (Å²) in [5, 5.41) is 14.0. The molecule has 2 fully saturated rings. The van der Waals surface area contributed by atoms with Crippen LogP contribution in [0.4, 0.5) is 0 Å². The van der Waals surface area contributed by atoms with Gasteiger partial charge in [-0.2, -0.15) is 0 Å². The minimum Gasteiger partial charge on any atom is -0.393 e. The summed E-state index contributed by atoms with van der Waals surface area (Å²) in [6.07, 6.45) is 3.47. The van der Waals surface area contributed by atoms with Crippen LogP contribution < -0.4 is 5.73 Å². The third kappa shape index (κ3) is 2.72. The van der Waals surface area contributed by atoms with Crippen LogP contribution in [0.3, 0.4) is 0 Å². The van der Waals surface area contributed by atoms with Gasteiger partial charge in [-0.25, -0.2) is 10.0 Å². The fourth-order valence-corrected chi connectivity index (χ4v) is 2.58. The molecular formula is C11H21N3O2. The van der Waals surface area contributed by atoms with Gasteiger partial charge in [-0.15, -0.1) is 0 Å². The van der Waals surface area contributed by atoms with Crippen molar-refractivity contribution in [1.29, 1.82) is 0 Å². The van der Waals surface area contributed by atoms with Gasteiger partial charge in [-0.1, -0.05) is 0 Å². The van der Waals surface area contributed by atoms with Crippen molar-refractivity contribution in [2.45, 2.75) is 31.8 Å². The van der Waals surface area contributed by atoms with Gasteiger partial charge in [0.15, 0.2) is 0 Å². The Balaban J connectivity index is 1.87. The smallest absolute Gasteiger partial charge is 0.221 e. The number of rotatable bonds is 2. The van der Waals surface area contributed by atoms with E-state index in [1.165, 1.54) is 0 Å². The minimum atomic E-state index is -0.179. The summed E-state index contributed by atoms with van der Waals surface area (Å²) in [6.45, 7) is 3.56. The van der Waals surface area contributed by atoms with Gasteiger partial charge in [-0.05, 0) is 25.7 Å². The molecule has 1 atom stereocenters.